The summed E-state index contributed by atoms with van der Waals surface area (Å²) in [5.74, 6) is 0.989. The van der Waals surface area contributed by atoms with Crippen molar-refractivity contribution in [2.75, 3.05) is 0 Å². The Morgan fingerprint density at radius 1 is 1.24 bits per heavy atom. The first-order valence-electron chi connectivity index (χ1n) is 7.00. The molecule has 108 valence electrons. The number of halogens is 1. The molecule has 0 aliphatic carbocycles. The molecular formula is C16H17ClN4. The van der Waals surface area contributed by atoms with Crippen LogP contribution >= 0.6 is 11.6 Å². The maximum Gasteiger partial charge on any atom is 0.111 e. The van der Waals surface area contributed by atoms with Crippen LogP contribution in [-0.2, 0) is 13.0 Å². The lowest BCUT2D eigenvalue weighted by Crippen LogP contribution is -2.17. The van der Waals surface area contributed by atoms with Gasteiger partial charge in [-0.2, -0.15) is 0 Å². The second kappa shape index (κ2) is 5.84. The quantitative estimate of drug-likeness (QED) is 0.804. The first-order valence-corrected chi connectivity index (χ1v) is 7.38. The molecule has 5 heteroatoms. The molecule has 2 heterocycles. The molecule has 0 radical (unpaired) electrons. The number of aryl methyl sites for hydroxylation is 1. The zero-order valence-corrected chi connectivity index (χ0v) is 12.6. The van der Waals surface area contributed by atoms with Gasteiger partial charge in [0.25, 0.3) is 0 Å². The van der Waals surface area contributed by atoms with Crippen molar-refractivity contribution in [3.63, 3.8) is 0 Å². The standard InChI is InChI=1S/C16H17ClN4/c1-2-21-15-6-4-3-5-14(15)20-16(21)9-12(18)13-8-7-11(17)10-19-13/h3-8,10,12H,2,9,18H2,1H3. The molecule has 21 heavy (non-hydrogen) atoms. The molecule has 0 saturated carbocycles. The molecule has 0 saturated heterocycles. The number of nitrogens with zero attached hydrogens (tertiary/aromatic N) is 3. The van der Waals surface area contributed by atoms with E-state index >= 15 is 0 Å². The maximum atomic E-state index is 6.26. The second-order valence-corrected chi connectivity index (χ2v) is 5.41. The molecule has 0 bridgehead atoms. The van der Waals surface area contributed by atoms with E-state index in [2.05, 4.69) is 22.5 Å². The monoisotopic (exact) mass is 300 g/mol. The minimum Gasteiger partial charge on any atom is -0.328 e. The lowest BCUT2D eigenvalue weighted by Gasteiger charge is -2.12. The van der Waals surface area contributed by atoms with E-state index in [1.807, 2.05) is 30.3 Å². The minimum atomic E-state index is -0.190. The Morgan fingerprint density at radius 2 is 2.05 bits per heavy atom. The van der Waals surface area contributed by atoms with Crippen LogP contribution in [0.2, 0.25) is 5.02 Å². The summed E-state index contributed by atoms with van der Waals surface area (Å²) in [6, 6.07) is 11.6. The molecule has 1 aromatic carbocycles. The smallest absolute Gasteiger partial charge is 0.111 e. The van der Waals surface area contributed by atoms with E-state index in [4.69, 9.17) is 22.3 Å². The molecule has 0 spiro atoms. The van der Waals surface area contributed by atoms with Crippen molar-refractivity contribution in [3.05, 3.63) is 59.1 Å². The summed E-state index contributed by atoms with van der Waals surface area (Å²) in [5.41, 5.74) is 9.24. The van der Waals surface area contributed by atoms with E-state index in [0.29, 0.717) is 11.4 Å². The van der Waals surface area contributed by atoms with Gasteiger partial charge in [-0.05, 0) is 31.2 Å². The molecule has 3 rings (SSSR count). The van der Waals surface area contributed by atoms with Crippen LogP contribution < -0.4 is 5.73 Å². The third-order valence-corrected chi connectivity index (χ3v) is 3.81. The average molecular weight is 301 g/mol. The number of fused-ring (bicyclic) bond motifs is 1. The van der Waals surface area contributed by atoms with Crippen LogP contribution in [0.1, 0.15) is 24.5 Å². The summed E-state index contributed by atoms with van der Waals surface area (Å²) in [7, 11) is 0. The normalized spacial score (nSPS) is 12.7. The van der Waals surface area contributed by atoms with Gasteiger partial charge in [-0.3, -0.25) is 4.98 Å². The molecule has 1 unspecified atom stereocenters. The molecule has 0 aliphatic rings. The van der Waals surface area contributed by atoms with Crippen LogP contribution in [0.15, 0.2) is 42.6 Å². The van der Waals surface area contributed by atoms with Crippen molar-refractivity contribution in [2.24, 2.45) is 5.73 Å². The van der Waals surface area contributed by atoms with Crippen molar-refractivity contribution in [1.29, 1.82) is 0 Å². The van der Waals surface area contributed by atoms with Crippen LogP contribution in [-0.4, -0.2) is 14.5 Å². The fourth-order valence-corrected chi connectivity index (χ4v) is 2.65. The summed E-state index contributed by atoms with van der Waals surface area (Å²) in [6.07, 6.45) is 2.27. The lowest BCUT2D eigenvalue weighted by atomic mass is 10.1. The van der Waals surface area contributed by atoms with E-state index in [0.717, 1.165) is 29.1 Å². The third kappa shape index (κ3) is 2.77. The molecule has 0 fully saturated rings. The van der Waals surface area contributed by atoms with Crippen LogP contribution in [0.25, 0.3) is 11.0 Å². The van der Waals surface area contributed by atoms with Gasteiger partial charge in [0.15, 0.2) is 0 Å². The zero-order chi connectivity index (χ0) is 14.8. The number of rotatable bonds is 4. The number of pyridine rings is 1. The van der Waals surface area contributed by atoms with Gasteiger partial charge < -0.3 is 10.3 Å². The zero-order valence-electron chi connectivity index (χ0n) is 11.8. The number of aromatic nitrogens is 3. The fraction of sp³-hybridized carbons (Fsp3) is 0.250. The van der Waals surface area contributed by atoms with Gasteiger partial charge in [0.1, 0.15) is 5.82 Å². The number of para-hydroxylation sites is 2. The molecule has 3 aromatic rings. The largest absolute Gasteiger partial charge is 0.328 e. The number of imidazole rings is 1. The highest BCUT2D eigenvalue weighted by molar-refractivity contribution is 6.30. The van der Waals surface area contributed by atoms with Gasteiger partial charge in [-0.25, -0.2) is 4.98 Å². The number of nitrogens with two attached hydrogens (primary N) is 1. The molecule has 4 nitrogen and oxygen atoms in total. The Kier molecular flexibility index (Phi) is 3.90. The molecule has 2 N–H and O–H groups in total. The average Bonchev–Trinajstić information content (AvgIpc) is 2.84. The highest BCUT2D eigenvalue weighted by Gasteiger charge is 2.15. The predicted octanol–water partition coefficient (Wildman–Crippen LogP) is 3.35. The van der Waals surface area contributed by atoms with E-state index < -0.39 is 0 Å². The summed E-state index contributed by atoms with van der Waals surface area (Å²) in [5, 5.41) is 0.617. The van der Waals surface area contributed by atoms with Gasteiger partial charge in [-0.15, -0.1) is 0 Å². The molecule has 1 atom stereocenters. The molecular weight excluding hydrogens is 284 g/mol. The first kappa shape index (κ1) is 14.0. The van der Waals surface area contributed by atoms with Gasteiger partial charge in [0.2, 0.25) is 0 Å². The number of hydrogen-bond acceptors (Lipinski definition) is 3. The number of benzene rings is 1. The van der Waals surface area contributed by atoms with E-state index in [-0.39, 0.29) is 6.04 Å². The Balaban J connectivity index is 1.92. The van der Waals surface area contributed by atoms with Crippen LogP contribution in [0, 0.1) is 0 Å². The molecule has 0 aliphatic heterocycles. The highest BCUT2D eigenvalue weighted by Crippen LogP contribution is 2.20. The van der Waals surface area contributed by atoms with Crippen LogP contribution in [0.3, 0.4) is 0 Å². The Bertz CT molecular complexity index is 749. The lowest BCUT2D eigenvalue weighted by molar-refractivity contribution is 0.625. The van der Waals surface area contributed by atoms with Gasteiger partial charge in [0.05, 0.1) is 27.8 Å². The topological polar surface area (TPSA) is 56.7 Å². The molecule has 0 amide bonds. The predicted molar refractivity (Wildman–Crippen MR) is 85.3 cm³/mol. The van der Waals surface area contributed by atoms with Crippen molar-refractivity contribution in [2.45, 2.75) is 25.9 Å². The van der Waals surface area contributed by atoms with Crippen LogP contribution in [0.5, 0.6) is 0 Å². The van der Waals surface area contributed by atoms with E-state index in [1.54, 1.807) is 6.20 Å². The maximum absolute atomic E-state index is 6.26. The summed E-state index contributed by atoms with van der Waals surface area (Å²) >= 11 is 5.86. The SMILES string of the molecule is CCn1c(CC(N)c2ccc(Cl)cn2)nc2ccccc21. The summed E-state index contributed by atoms with van der Waals surface area (Å²) in [4.78, 5) is 8.99. The van der Waals surface area contributed by atoms with E-state index in [9.17, 15) is 0 Å². The Labute approximate surface area is 128 Å². The Morgan fingerprint density at radius 3 is 2.76 bits per heavy atom. The highest BCUT2D eigenvalue weighted by atomic mass is 35.5. The van der Waals surface area contributed by atoms with Gasteiger partial charge in [-0.1, -0.05) is 23.7 Å². The van der Waals surface area contributed by atoms with Gasteiger partial charge >= 0.3 is 0 Å². The fourth-order valence-electron chi connectivity index (χ4n) is 2.54. The van der Waals surface area contributed by atoms with Crippen molar-refractivity contribution < 1.29 is 0 Å². The van der Waals surface area contributed by atoms with Crippen molar-refractivity contribution >= 4 is 22.6 Å². The van der Waals surface area contributed by atoms with Gasteiger partial charge in [0, 0.05) is 19.2 Å². The van der Waals surface area contributed by atoms with Crippen molar-refractivity contribution in [1.82, 2.24) is 14.5 Å². The third-order valence-electron chi connectivity index (χ3n) is 3.58. The minimum absolute atomic E-state index is 0.190. The first-order chi connectivity index (χ1) is 10.2. The Hall–Kier alpha value is -1.91. The second-order valence-electron chi connectivity index (χ2n) is 4.97. The number of hydrogen-bond donors (Lipinski definition) is 1. The van der Waals surface area contributed by atoms with Crippen molar-refractivity contribution in [3.8, 4) is 0 Å². The molecule has 2 aromatic heterocycles. The summed E-state index contributed by atoms with van der Waals surface area (Å²) < 4.78 is 2.20. The summed E-state index contributed by atoms with van der Waals surface area (Å²) in [6.45, 7) is 2.99. The van der Waals surface area contributed by atoms with Crippen LogP contribution in [0.4, 0.5) is 0 Å². The van der Waals surface area contributed by atoms with E-state index in [1.165, 1.54) is 0 Å².